The Kier molecular flexibility index (Phi) is 4.33. The largest absolute Gasteiger partial charge is 0.468 e. The molecule has 112 valence electrons. The van der Waals surface area contributed by atoms with E-state index in [0.717, 1.165) is 16.3 Å². The highest BCUT2D eigenvalue weighted by atomic mass is 32.1. The van der Waals surface area contributed by atoms with Crippen molar-refractivity contribution >= 4 is 17.3 Å². The summed E-state index contributed by atoms with van der Waals surface area (Å²) in [6.07, 6.45) is 0. The number of hydrogen-bond acceptors (Lipinski definition) is 7. The predicted molar refractivity (Wildman–Crippen MR) is 76.8 cm³/mol. The van der Waals surface area contributed by atoms with E-state index in [1.165, 1.54) is 7.11 Å². The van der Waals surface area contributed by atoms with Gasteiger partial charge in [-0.05, 0) is 11.4 Å². The fraction of sp³-hybridized carbons (Fsp3) is 0.429. The molecule has 1 fully saturated rings. The number of thiophene rings is 1. The third kappa shape index (κ3) is 3.15. The fourth-order valence-electron chi connectivity index (χ4n) is 2.31. The fourth-order valence-corrected chi connectivity index (χ4v) is 2.98. The van der Waals surface area contributed by atoms with Gasteiger partial charge in [-0.15, -0.1) is 11.3 Å². The SMILES string of the molecule is COC(=O)C1COCCN1Cc1cc(-c2cccs2)on1. The van der Waals surface area contributed by atoms with Crippen LogP contribution >= 0.6 is 11.3 Å². The molecular weight excluding hydrogens is 292 g/mol. The van der Waals surface area contributed by atoms with E-state index < -0.39 is 0 Å². The first-order valence-electron chi connectivity index (χ1n) is 6.67. The minimum Gasteiger partial charge on any atom is -0.468 e. The number of carbonyl (C=O) groups excluding carboxylic acids is 1. The first-order chi connectivity index (χ1) is 10.3. The predicted octanol–water partition coefficient (Wildman–Crippen LogP) is 1.78. The molecule has 0 aromatic carbocycles. The van der Waals surface area contributed by atoms with Crippen molar-refractivity contribution in [2.45, 2.75) is 12.6 Å². The quantitative estimate of drug-likeness (QED) is 0.802. The van der Waals surface area contributed by atoms with Gasteiger partial charge in [0.05, 0.1) is 30.9 Å². The Morgan fingerprint density at radius 2 is 2.52 bits per heavy atom. The molecule has 7 heteroatoms. The molecule has 0 aliphatic carbocycles. The average molecular weight is 308 g/mol. The van der Waals surface area contributed by atoms with Crippen LogP contribution in [0.15, 0.2) is 28.1 Å². The van der Waals surface area contributed by atoms with Crippen molar-refractivity contribution in [1.29, 1.82) is 0 Å². The lowest BCUT2D eigenvalue weighted by Crippen LogP contribution is -2.49. The van der Waals surface area contributed by atoms with Gasteiger partial charge < -0.3 is 14.0 Å². The molecule has 3 rings (SSSR count). The molecule has 1 aliphatic rings. The lowest BCUT2D eigenvalue weighted by atomic mass is 10.2. The molecule has 2 aromatic rings. The first kappa shape index (κ1) is 14.2. The van der Waals surface area contributed by atoms with Crippen molar-refractivity contribution in [2.24, 2.45) is 0 Å². The summed E-state index contributed by atoms with van der Waals surface area (Å²) >= 11 is 1.60. The zero-order valence-corrected chi connectivity index (χ0v) is 12.5. The van der Waals surface area contributed by atoms with Crippen molar-refractivity contribution in [1.82, 2.24) is 10.1 Å². The van der Waals surface area contributed by atoms with Gasteiger partial charge in [-0.25, -0.2) is 0 Å². The highest BCUT2D eigenvalue weighted by Crippen LogP contribution is 2.26. The van der Waals surface area contributed by atoms with Crippen LogP contribution in [0, 0.1) is 0 Å². The van der Waals surface area contributed by atoms with Gasteiger partial charge in [-0.3, -0.25) is 9.69 Å². The topological polar surface area (TPSA) is 64.8 Å². The molecule has 0 radical (unpaired) electrons. The number of methoxy groups -OCH3 is 1. The Hall–Kier alpha value is -1.70. The standard InChI is InChI=1S/C14H16N2O4S/c1-18-14(17)11-9-19-5-4-16(11)8-10-7-12(20-15-10)13-3-2-6-21-13/h2-3,6-7,11H,4-5,8-9H2,1H3. The molecule has 1 saturated heterocycles. The molecule has 1 atom stereocenters. The minimum absolute atomic E-state index is 0.281. The summed E-state index contributed by atoms with van der Waals surface area (Å²) in [6, 6.07) is 5.49. The number of nitrogens with zero attached hydrogens (tertiary/aromatic N) is 2. The van der Waals surface area contributed by atoms with Gasteiger partial charge in [0.2, 0.25) is 0 Å². The van der Waals surface area contributed by atoms with E-state index in [-0.39, 0.29) is 12.0 Å². The maximum absolute atomic E-state index is 11.8. The number of aromatic nitrogens is 1. The Morgan fingerprint density at radius 3 is 3.29 bits per heavy atom. The maximum Gasteiger partial charge on any atom is 0.325 e. The molecule has 0 spiro atoms. The van der Waals surface area contributed by atoms with E-state index >= 15 is 0 Å². The second-order valence-electron chi connectivity index (χ2n) is 4.74. The second kappa shape index (κ2) is 6.38. The molecule has 1 aliphatic heterocycles. The van der Waals surface area contributed by atoms with Gasteiger partial charge in [-0.1, -0.05) is 11.2 Å². The van der Waals surface area contributed by atoms with Crippen LogP contribution in [0.25, 0.3) is 10.6 Å². The van der Waals surface area contributed by atoms with Crippen molar-refractivity contribution in [3.63, 3.8) is 0 Å². The lowest BCUT2D eigenvalue weighted by molar-refractivity contribution is -0.153. The van der Waals surface area contributed by atoms with Gasteiger partial charge in [0.1, 0.15) is 6.04 Å². The molecule has 6 nitrogen and oxygen atoms in total. The lowest BCUT2D eigenvalue weighted by Gasteiger charge is -2.32. The molecule has 21 heavy (non-hydrogen) atoms. The van der Waals surface area contributed by atoms with Gasteiger partial charge >= 0.3 is 5.97 Å². The zero-order valence-electron chi connectivity index (χ0n) is 11.7. The highest BCUT2D eigenvalue weighted by Gasteiger charge is 2.30. The number of rotatable bonds is 4. The van der Waals surface area contributed by atoms with Crippen LogP contribution in [0.2, 0.25) is 0 Å². The van der Waals surface area contributed by atoms with Crippen LogP contribution < -0.4 is 0 Å². The van der Waals surface area contributed by atoms with E-state index in [2.05, 4.69) is 5.16 Å². The molecule has 1 unspecified atom stereocenters. The smallest absolute Gasteiger partial charge is 0.325 e. The summed E-state index contributed by atoms with van der Waals surface area (Å²) in [5.41, 5.74) is 0.800. The number of ether oxygens (including phenoxy) is 2. The van der Waals surface area contributed by atoms with E-state index in [1.807, 2.05) is 28.5 Å². The minimum atomic E-state index is -0.384. The van der Waals surface area contributed by atoms with Crippen molar-refractivity contribution in [3.05, 3.63) is 29.3 Å². The van der Waals surface area contributed by atoms with Crippen LogP contribution in [0.5, 0.6) is 0 Å². The molecular formula is C14H16N2O4S. The van der Waals surface area contributed by atoms with E-state index in [9.17, 15) is 4.79 Å². The highest BCUT2D eigenvalue weighted by molar-refractivity contribution is 7.13. The monoisotopic (exact) mass is 308 g/mol. The van der Waals surface area contributed by atoms with Crippen LogP contribution in [0.1, 0.15) is 5.69 Å². The molecule has 0 saturated carbocycles. The Labute approximate surface area is 126 Å². The molecule has 2 aromatic heterocycles. The van der Waals surface area contributed by atoms with Crippen LogP contribution in [-0.2, 0) is 20.8 Å². The second-order valence-corrected chi connectivity index (χ2v) is 5.69. The maximum atomic E-state index is 11.8. The Morgan fingerprint density at radius 1 is 1.62 bits per heavy atom. The Balaban J connectivity index is 1.71. The Bertz CT molecular complexity index is 596. The summed E-state index contributed by atoms with van der Waals surface area (Å²) < 4.78 is 15.5. The van der Waals surface area contributed by atoms with Gasteiger partial charge in [0, 0.05) is 19.2 Å². The third-order valence-electron chi connectivity index (χ3n) is 3.40. The van der Waals surface area contributed by atoms with Crippen molar-refractivity contribution in [2.75, 3.05) is 26.9 Å². The van der Waals surface area contributed by atoms with Gasteiger partial charge in [-0.2, -0.15) is 0 Å². The van der Waals surface area contributed by atoms with E-state index in [4.69, 9.17) is 14.0 Å². The van der Waals surface area contributed by atoms with E-state index in [1.54, 1.807) is 11.3 Å². The van der Waals surface area contributed by atoms with Gasteiger partial charge in [0.25, 0.3) is 0 Å². The van der Waals surface area contributed by atoms with Crippen LogP contribution in [-0.4, -0.2) is 48.9 Å². The summed E-state index contributed by atoms with van der Waals surface area (Å²) in [6.45, 7) is 2.16. The summed E-state index contributed by atoms with van der Waals surface area (Å²) in [5, 5.41) is 6.08. The molecule has 0 bridgehead atoms. The van der Waals surface area contributed by atoms with E-state index in [0.29, 0.717) is 26.3 Å². The van der Waals surface area contributed by atoms with Gasteiger partial charge in [0.15, 0.2) is 5.76 Å². The zero-order chi connectivity index (χ0) is 14.7. The van der Waals surface area contributed by atoms with Crippen LogP contribution in [0.3, 0.4) is 0 Å². The molecule has 0 N–H and O–H groups in total. The average Bonchev–Trinajstić information content (AvgIpc) is 3.18. The van der Waals surface area contributed by atoms with Crippen molar-refractivity contribution < 1.29 is 18.8 Å². The van der Waals surface area contributed by atoms with Crippen LogP contribution in [0.4, 0.5) is 0 Å². The number of hydrogen-bond donors (Lipinski definition) is 0. The summed E-state index contributed by atoms with van der Waals surface area (Å²) in [7, 11) is 1.39. The summed E-state index contributed by atoms with van der Waals surface area (Å²) in [5.74, 6) is 0.472. The van der Waals surface area contributed by atoms with Crippen molar-refractivity contribution in [3.8, 4) is 10.6 Å². The third-order valence-corrected chi connectivity index (χ3v) is 4.29. The normalized spacial score (nSPS) is 19.6. The first-order valence-corrected chi connectivity index (χ1v) is 7.55. The number of morpholine rings is 1. The molecule has 3 heterocycles. The number of esters is 1. The number of carbonyl (C=O) groups is 1. The summed E-state index contributed by atoms with van der Waals surface area (Å²) in [4.78, 5) is 14.8. The molecule has 0 amide bonds.